The van der Waals surface area contributed by atoms with Crippen LogP contribution in [0.15, 0.2) is 23.1 Å². The lowest BCUT2D eigenvalue weighted by Gasteiger charge is -2.13. The Kier molecular flexibility index (Phi) is 4.76. The molecule has 0 saturated carbocycles. The van der Waals surface area contributed by atoms with Gasteiger partial charge < -0.3 is 5.73 Å². The zero-order chi connectivity index (χ0) is 13.8. The predicted octanol–water partition coefficient (Wildman–Crippen LogP) is 1.66. The van der Waals surface area contributed by atoms with Crippen LogP contribution in [-0.2, 0) is 10.0 Å². The van der Waals surface area contributed by atoms with Gasteiger partial charge >= 0.3 is 0 Å². The molecule has 3 N–H and O–H groups in total. The number of rotatable bonds is 5. The topological polar surface area (TPSA) is 72.2 Å². The molecule has 0 aromatic heterocycles. The number of hydrogen-bond acceptors (Lipinski definition) is 3. The minimum Gasteiger partial charge on any atom is -0.399 e. The first-order valence-corrected chi connectivity index (χ1v) is 7.23. The van der Waals surface area contributed by atoms with Crippen molar-refractivity contribution in [3.05, 3.63) is 23.8 Å². The van der Waals surface area contributed by atoms with Gasteiger partial charge in [-0.25, -0.2) is 8.42 Å². The van der Waals surface area contributed by atoms with Crippen LogP contribution in [-0.4, -0.2) is 14.5 Å². The molecule has 0 aliphatic carbocycles. The van der Waals surface area contributed by atoms with Gasteiger partial charge in [-0.1, -0.05) is 19.3 Å². The van der Waals surface area contributed by atoms with Gasteiger partial charge in [-0.3, -0.25) is 0 Å². The maximum absolute atomic E-state index is 12.1. The fraction of sp³-hybridized carbons (Fsp3) is 0.385. The molecule has 1 aromatic rings. The van der Waals surface area contributed by atoms with E-state index in [-0.39, 0.29) is 4.90 Å². The van der Waals surface area contributed by atoms with Crippen LogP contribution in [0.1, 0.15) is 25.3 Å². The van der Waals surface area contributed by atoms with Crippen LogP contribution in [0.5, 0.6) is 0 Å². The van der Waals surface area contributed by atoms with E-state index in [0.717, 1.165) is 12.0 Å². The third kappa shape index (κ3) is 3.76. The molecule has 0 saturated heterocycles. The largest absolute Gasteiger partial charge is 0.399 e. The van der Waals surface area contributed by atoms with E-state index in [9.17, 15) is 8.42 Å². The molecule has 1 aromatic carbocycles. The molecule has 98 valence electrons. The smallest absolute Gasteiger partial charge is 0.241 e. The van der Waals surface area contributed by atoms with Crippen LogP contribution < -0.4 is 10.5 Å². The SMILES string of the molecule is C#CC(CCC)NS(=O)(=O)c1cc(C)cc(N)c1. The molecule has 1 unspecified atom stereocenters. The summed E-state index contributed by atoms with van der Waals surface area (Å²) in [6.45, 7) is 3.74. The van der Waals surface area contributed by atoms with E-state index in [1.165, 1.54) is 6.07 Å². The van der Waals surface area contributed by atoms with E-state index in [1.807, 2.05) is 6.92 Å². The predicted molar refractivity (Wildman–Crippen MR) is 73.4 cm³/mol. The van der Waals surface area contributed by atoms with Crippen molar-refractivity contribution in [3.63, 3.8) is 0 Å². The quantitative estimate of drug-likeness (QED) is 0.629. The van der Waals surface area contributed by atoms with Crippen molar-refractivity contribution in [1.29, 1.82) is 0 Å². The Bertz CT molecular complexity index is 539. The van der Waals surface area contributed by atoms with E-state index in [4.69, 9.17) is 12.2 Å². The van der Waals surface area contributed by atoms with Gasteiger partial charge in [0.15, 0.2) is 0 Å². The zero-order valence-electron chi connectivity index (χ0n) is 10.6. The average molecular weight is 266 g/mol. The van der Waals surface area contributed by atoms with Crippen LogP contribution >= 0.6 is 0 Å². The standard InChI is InChI=1S/C13H18N2O2S/c1-4-6-12(5-2)15-18(16,17)13-8-10(3)7-11(14)9-13/h2,7-9,12,15H,4,6,14H2,1,3H3. The second-order valence-electron chi connectivity index (χ2n) is 4.21. The van der Waals surface area contributed by atoms with Gasteiger partial charge in [0.05, 0.1) is 10.9 Å². The highest BCUT2D eigenvalue weighted by atomic mass is 32.2. The molecule has 0 aliphatic rings. The third-order valence-electron chi connectivity index (χ3n) is 2.46. The Morgan fingerprint density at radius 3 is 2.61 bits per heavy atom. The van der Waals surface area contributed by atoms with Gasteiger partial charge in [-0.05, 0) is 37.1 Å². The summed E-state index contributed by atoms with van der Waals surface area (Å²) in [6.07, 6.45) is 6.72. The molecule has 0 spiro atoms. The molecule has 1 rings (SSSR count). The molecule has 4 nitrogen and oxygen atoms in total. The number of benzene rings is 1. The van der Waals surface area contributed by atoms with E-state index >= 15 is 0 Å². The molecule has 0 amide bonds. The average Bonchev–Trinajstić information content (AvgIpc) is 2.27. The Morgan fingerprint density at radius 1 is 1.44 bits per heavy atom. The molecule has 0 aliphatic heterocycles. The molecular formula is C13H18N2O2S. The maximum Gasteiger partial charge on any atom is 0.241 e. The number of aryl methyl sites for hydroxylation is 1. The summed E-state index contributed by atoms with van der Waals surface area (Å²) >= 11 is 0. The lowest BCUT2D eigenvalue weighted by Crippen LogP contribution is -2.33. The maximum atomic E-state index is 12.1. The highest BCUT2D eigenvalue weighted by molar-refractivity contribution is 7.89. The second kappa shape index (κ2) is 5.89. The summed E-state index contributed by atoms with van der Waals surface area (Å²) in [7, 11) is -3.61. The summed E-state index contributed by atoms with van der Waals surface area (Å²) in [6, 6.07) is 4.22. The molecule has 18 heavy (non-hydrogen) atoms. The number of hydrogen-bond donors (Lipinski definition) is 2. The Hall–Kier alpha value is -1.51. The number of nitrogen functional groups attached to an aromatic ring is 1. The van der Waals surface area contributed by atoms with Crippen LogP contribution in [0.2, 0.25) is 0 Å². The van der Waals surface area contributed by atoms with E-state index in [0.29, 0.717) is 12.1 Å². The summed E-state index contributed by atoms with van der Waals surface area (Å²) in [4.78, 5) is 0.149. The minimum absolute atomic E-state index is 0.149. The van der Waals surface area contributed by atoms with Crippen LogP contribution in [0, 0.1) is 19.3 Å². The molecule has 0 fully saturated rings. The van der Waals surface area contributed by atoms with Crippen molar-refractivity contribution in [2.45, 2.75) is 37.6 Å². The Balaban J connectivity index is 3.03. The number of sulfonamides is 1. The normalized spacial score (nSPS) is 12.9. The van der Waals surface area contributed by atoms with Crippen molar-refractivity contribution >= 4 is 15.7 Å². The number of nitrogens with two attached hydrogens (primary N) is 1. The summed E-state index contributed by atoms with van der Waals surface area (Å²) in [5, 5.41) is 0. The highest BCUT2D eigenvalue weighted by Gasteiger charge is 2.18. The summed E-state index contributed by atoms with van der Waals surface area (Å²) < 4.78 is 26.7. The molecule has 5 heteroatoms. The lowest BCUT2D eigenvalue weighted by molar-refractivity contribution is 0.564. The monoisotopic (exact) mass is 266 g/mol. The van der Waals surface area contributed by atoms with Crippen LogP contribution in [0.3, 0.4) is 0 Å². The highest BCUT2D eigenvalue weighted by Crippen LogP contribution is 2.16. The minimum atomic E-state index is -3.61. The fourth-order valence-corrected chi connectivity index (χ4v) is 2.98. The molecule has 0 radical (unpaired) electrons. The zero-order valence-corrected chi connectivity index (χ0v) is 11.4. The summed E-state index contributed by atoms with van der Waals surface area (Å²) in [5.74, 6) is 2.44. The molecule has 0 heterocycles. The fourth-order valence-electron chi connectivity index (χ4n) is 1.65. The van der Waals surface area contributed by atoms with Crippen molar-refractivity contribution in [2.24, 2.45) is 0 Å². The van der Waals surface area contributed by atoms with E-state index < -0.39 is 16.1 Å². The number of nitrogens with one attached hydrogen (secondary N) is 1. The molecule has 1 atom stereocenters. The first-order chi connectivity index (χ1) is 8.39. The third-order valence-corrected chi connectivity index (χ3v) is 3.91. The van der Waals surface area contributed by atoms with Gasteiger partial charge in [0.1, 0.15) is 0 Å². The Morgan fingerprint density at radius 2 is 2.11 bits per heavy atom. The van der Waals surface area contributed by atoms with Crippen molar-refractivity contribution in [3.8, 4) is 12.3 Å². The Labute approximate surface area is 109 Å². The van der Waals surface area contributed by atoms with Gasteiger partial charge in [0.25, 0.3) is 0 Å². The first kappa shape index (κ1) is 14.6. The van der Waals surface area contributed by atoms with Gasteiger partial charge in [-0.15, -0.1) is 6.42 Å². The lowest BCUT2D eigenvalue weighted by atomic mass is 10.2. The van der Waals surface area contributed by atoms with Crippen LogP contribution in [0.4, 0.5) is 5.69 Å². The van der Waals surface area contributed by atoms with Crippen molar-refractivity contribution < 1.29 is 8.42 Å². The summed E-state index contributed by atoms with van der Waals surface area (Å²) in [5.41, 5.74) is 6.86. The van der Waals surface area contributed by atoms with Crippen LogP contribution in [0.25, 0.3) is 0 Å². The number of anilines is 1. The second-order valence-corrected chi connectivity index (χ2v) is 5.92. The van der Waals surface area contributed by atoms with Gasteiger partial charge in [0.2, 0.25) is 10.0 Å². The number of terminal acetylenes is 1. The van der Waals surface area contributed by atoms with E-state index in [2.05, 4.69) is 10.6 Å². The molecule has 0 bridgehead atoms. The van der Waals surface area contributed by atoms with Crippen molar-refractivity contribution in [1.82, 2.24) is 4.72 Å². The van der Waals surface area contributed by atoms with Gasteiger partial charge in [-0.2, -0.15) is 4.72 Å². The van der Waals surface area contributed by atoms with Gasteiger partial charge in [0, 0.05) is 5.69 Å². The van der Waals surface area contributed by atoms with E-state index in [1.54, 1.807) is 19.1 Å². The van der Waals surface area contributed by atoms with Crippen molar-refractivity contribution in [2.75, 3.05) is 5.73 Å². The molecular weight excluding hydrogens is 248 g/mol. The first-order valence-electron chi connectivity index (χ1n) is 5.74.